The Labute approximate surface area is 122 Å². The number of esters is 1. The fourth-order valence-electron chi connectivity index (χ4n) is 2.02. The van der Waals surface area contributed by atoms with Crippen LogP contribution >= 0.6 is 0 Å². The Balaban J connectivity index is 1.97. The Morgan fingerprint density at radius 1 is 1.29 bits per heavy atom. The molecular weight excluding hydrogens is 276 g/mol. The van der Waals surface area contributed by atoms with Gasteiger partial charge in [-0.1, -0.05) is 30.3 Å². The van der Waals surface area contributed by atoms with Crippen molar-refractivity contribution in [2.24, 2.45) is 0 Å². The lowest BCUT2D eigenvalue weighted by Crippen LogP contribution is -2.37. The number of ether oxygens (including phenoxy) is 2. The van der Waals surface area contributed by atoms with Crippen molar-refractivity contribution in [3.8, 4) is 0 Å². The Hall–Kier alpha value is -2.57. The average molecular weight is 292 g/mol. The van der Waals surface area contributed by atoms with Crippen molar-refractivity contribution in [2.75, 3.05) is 20.7 Å². The lowest BCUT2D eigenvalue weighted by molar-refractivity contribution is -0.144. The highest BCUT2D eigenvalue weighted by atomic mass is 16.6. The zero-order valence-electron chi connectivity index (χ0n) is 11.8. The van der Waals surface area contributed by atoms with Crippen LogP contribution in [0.25, 0.3) is 0 Å². The molecule has 1 aliphatic rings. The predicted octanol–water partition coefficient (Wildman–Crippen LogP) is 1.23. The first-order valence-electron chi connectivity index (χ1n) is 6.37. The summed E-state index contributed by atoms with van der Waals surface area (Å²) in [6, 6.07) is 7.74. The van der Waals surface area contributed by atoms with Gasteiger partial charge in [0, 0.05) is 7.05 Å². The van der Waals surface area contributed by atoms with Gasteiger partial charge in [-0.25, -0.2) is 19.3 Å². The number of nitrogens with zero attached hydrogens (tertiary/aromatic N) is 2. The van der Waals surface area contributed by atoms with Gasteiger partial charge in [-0.15, -0.1) is 0 Å². The first-order chi connectivity index (χ1) is 10.0. The molecule has 0 aliphatic carbocycles. The second-order valence-electron chi connectivity index (χ2n) is 4.58. The van der Waals surface area contributed by atoms with E-state index in [-0.39, 0.29) is 13.2 Å². The monoisotopic (exact) mass is 292 g/mol. The van der Waals surface area contributed by atoms with Crippen molar-refractivity contribution in [3.63, 3.8) is 0 Å². The van der Waals surface area contributed by atoms with Gasteiger partial charge in [-0.2, -0.15) is 0 Å². The van der Waals surface area contributed by atoms with Gasteiger partial charge in [0.2, 0.25) is 0 Å². The molecule has 3 amide bonds. The summed E-state index contributed by atoms with van der Waals surface area (Å²) >= 11 is 0. The molecule has 7 nitrogen and oxygen atoms in total. The summed E-state index contributed by atoms with van der Waals surface area (Å²) in [6.07, 6.45) is -0.776. The third-order valence-electron chi connectivity index (χ3n) is 3.25. The van der Waals surface area contributed by atoms with Gasteiger partial charge in [0.05, 0.1) is 13.7 Å². The standard InChI is InChI=1S/C14H16N2O5/c1-15-11(12(17)20-2)8-16(13(15)18)14(19)21-9-10-6-4-3-5-7-10/h3-7,11H,8-9H2,1-2H3. The molecule has 0 radical (unpaired) electrons. The quantitative estimate of drug-likeness (QED) is 0.783. The molecule has 0 spiro atoms. The number of hydrogen-bond donors (Lipinski definition) is 0. The molecule has 1 unspecified atom stereocenters. The summed E-state index contributed by atoms with van der Waals surface area (Å²) in [4.78, 5) is 37.4. The van der Waals surface area contributed by atoms with E-state index >= 15 is 0 Å². The van der Waals surface area contributed by atoms with E-state index in [1.54, 1.807) is 0 Å². The fraction of sp³-hybridized carbons (Fsp3) is 0.357. The van der Waals surface area contributed by atoms with Gasteiger partial charge in [-0.05, 0) is 5.56 Å². The van der Waals surface area contributed by atoms with Crippen molar-refractivity contribution in [1.82, 2.24) is 9.80 Å². The third-order valence-corrected chi connectivity index (χ3v) is 3.25. The number of likely N-dealkylation sites (N-methyl/N-ethyl adjacent to an activating group) is 1. The minimum absolute atomic E-state index is 0.0655. The SMILES string of the molecule is COC(=O)C1CN(C(=O)OCc2ccccc2)C(=O)N1C. The Morgan fingerprint density at radius 2 is 1.95 bits per heavy atom. The van der Waals surface area contributed by atoms with Gasteiger partial charge in [0.25, 0.3) is 0 Å². The maximum absolute atomic E-state index is 11.9. The maximum atomic E-state index is 11.9. The molecule has 1 atom stereocenters. The highest BCUT2D eigenvalue weighted by Crippen LogP contribution is 2.16. The van der Waals surface area contributed by atoms with Gasteiger partial charge in [0.15, 0.2) is 0 Å². The lowest BCUT2D eigenvalue weighted by Gasteiger charge is -2.14. The lowest BCUT2D eigenvalue weighted by atomic mass is 10.2. The van der Waals surface area contributed by atoms with Crippen LogP contribution in [-0.2, 0) is 20.9 Å². The molecular formula is C14H16N2O5. The van der Waals surface area contributed by atoms with Gasteiger partial charge in [-0.3, -0.25) is 0 Å². The van der Waals surface area contributed by atoms with Crippen LogP contribution in [0.15, 0.2) is 30.3 Å². The molecule has 1 fully saturated rings. The first kappa shape index (κ1) is 14.8. The van der Waals surface area contributed by atoms with Crippen LogP contribution < -0.4 is 0 Å². The minimum atomic E-state index is -0.799. The number of hydrogen-bond acceptors (Lipinski definition) is 5. The Morgan fingerprint density at radius 3 is 2.57 bits per heavy atom. The molecule has 0 N–H and O–H groups in total. The van der Waals surface area contributed by atoms with Crippen molar-refractivity contribution in [3.05, 3.63) is 35.9 Å². The Kier molecular flexibility index (Phi) is 4.42. The van der Waals surface area contributed by atoms with Crippen molar-refractivity contribution in [2.45, 2.75) is 12.6 Å². The van der Waals surface area contributed by atoms with Crippen LogP contribution in [0.1, 0.15) is 5.56 Å². The summed E-state index contributed by atoms with van der Waals surface area (Å²) in [7, 11) is 2.67. The summed E-state index contributed by atoms with van der Waals surface area (Å²) in [5.41, 5.74) is 0.815. The number of urea groups is 1. The molecule has 21 heavy (non-hydrogen) atoms. The second kappa shape index (κ2) is 6.25. The van der Waals surface area contributed by atoms with Crippen LogP contribution in [0.4, 0.5) is 9.59 Å². The fourth-order valence-corrected chi connectivity index (χ4v) is 2.02. The van der Waals surface area contributed by atoms with E-state index in [4.69, 9.17) is 4.74 Å². The minimum Gasteiger partial charge on any atom is -0.467 e. The zero-order valence-corrected chi connectivity index (χ0v) is 11.8. The number of carbonyl (C=O) groups is 3. The molecule has 1 aliphatic heterocycles. The zero-order chi connectivity index (χ0) is 15.4. The van der Waals surface area contributed by atoms with E-state index in [9.17, 15) is 14.4 Å². The molecule has 1 aromatic carbocycles. The molecule has 1 aromatic rings. The van der Waals surface area contributed by atoms with E-state index in [2.05, 4.69) is 4.74 Å². The molecule has 7 heteroatoms. The van der Waals surface area contributed by atoms with E-state index < -0.39 is 24.1 Å². The predicted molar refractivity (Wildman–Crippen MR) is 72.3 cm³/mol. The highest BCUT2D eigenvalue weighted by Gasteiger charge is 2.43. The number of carbonyl (C=O) groups excluding carboxylic acids is 3. The van der Waals surface area contributed by atoms with E-state index in [0.717, 1.165) is 15.4 Å². The Bertz CT molecular complexity index is 546. The summed E-state index contributed by atoms with van der Waals surface area (Å²) in [5, 5.41) is 0. The summed E-state index contributed by atoms with van der Waals surface area (Å²) in [5.74, 6) is -0.566. The molecule has 0 bridgehead atoms. The molecule has 1 heterocycles. The second-order valence-corrected chi connectivity index (χ2v) is 4.58. The smallest absolute Gasteiger partial charge is 0.418 e. The number of imide groups is 1. The van der Waals surface area contributed by atoms with E-state index in [1.807, 2.05) is 30.3 Å². The third kappa shape index (κ3) is 3.13. The van der Waals surface area contributed by atoms with Crippen molar-refractivity contribution < 1.29 is 23.9 Å². The molecule has 0 saturated carbocycles. The van der Waals surface area contributed by atoms with Crippen molar-refractivity contribution >= 4 is 18.1 Å². The number of methoxy groups -OCH3 is 1. The van der Waals surface area contributed by atoms with Crippen LogP contribution in [0, 0.1) is 0 Å². The van der Waals surface area contributed by atoms with Crippen LogP contribution in [0.3, 0.4) is 0 Å². The average Bonchev–Trinajstić information content (AvgIpc) is 2.81. The summed E-state index contributed by atoms with van der Waals surface area (Å²) < 4.78 is 9.68. The molecule has 2 rings (SSSR count). The summed E-state index contributed by atoms with van der Waals surface area (Å²) in [6.45, 7) is -0.00825. The normalized spacial score (nSPS) is 17.8. The molecule has 112 valence electrons. The van der Waals surface area contributed by atoms with Crippen LogP contribution in [0.5, 0.6) is 0 Å². The van der Waals surface area contributed by atoms with Crippen LogP contribution in [0.2, 0.25) is 0 Å². The van der Waals surface area contributed by atoms with Crippen LogP contribution in [-0.4, -0.2) is 54.6 Å². The number of benzene rings is 1. The van der Waals surface area contributed by atoms with E-state index in [0.29, 0.717) is 0 Å². The maximum Gasteiger partial charge on any atom is 0.418 e. The van der Waals surface area contributed by atoms with Gasteiger partial charge in [0.1, 0.15) is 12.6 Å². The molecule has 1 saturated heterocycles. The number of amides is 3. The number of rotatable bonds is 3. The van der Waals surface area contributed by atoms with Gasteiger partial charge < -0.3 is 14.4 Å². The largest absolute Gasteiger partial charge is 0.467 e. The molecule has 0 aromatic heterocycles. The van der Waals surface area contributed by atoms with E-state index in [1.165, 1.54) is 14.2 Å². The first-order valence-corrected chi connectivity index (χ1v) is 6.37. The van der Waals surface area contributed by atoms with Gasteiger partial charge >= 0.3 is 18.1 Å². The topological polar surface area (TPSA) is 76.1 Å². The van der Waals surface area contributed by atoms with Crippen molar-refractivity contribution in [1.29, 1.82) is 0 Å². The highest BCUT2D eigenvalue weighted by molar-refractivity contribution is 5.96.